The zero-order valence-electron chi connectivity index (χ0n) is 8.39. The van der Waals surface area contributed by atoms with Crippen LogP contribution in [0.2, 0.25) is 0 Å². The molecular weight excluding hydrogens is 194 g/mol. The van der Waals surface area contributed by atoms with Crippen LogP contribution in [0.25, 0.3) is 0 Å². The lowest BCUT2D eigenvalue weighted by Gasteiger charge is -2.05. The summed E-state index contributed by atoms with van der Waals surface area (Å²) in [5, 5.41) is 17.6. The number of aryl methyl sites for hydroxylation is 1. The number of carbonyl (C=O) groups is 1. The van der Waals surface area contributed by atoms with Crippen molar-refractivity contribution >= 4 is 5.97 Å². The highest BCUT2D eigenvalue weighted by Crippen LogP contribution is 2.12. The van der Waals surface area contributed by atoms with Crippen molar-refractivity contribution in [1.29, 1.82) is 0 Å². The second-order valence-electron chi connectivity index (χ2n) is 3.50. The zero-order chi connectivity index (χ0) is 11.3. The number of carboxylic acids is 1. The van der Waals surface area contributed by atoms with E-state index in [0.29, 0.717) is 6.42 Å². The predicted octanol–water partition coefficient (Wildman–Crippen LogP) is 1.13. The Kier molecular flexibility index (Phi) is 4.12. The Bertz CT molecular complexity index is 321. The number of benzene rings is 1. The average molecular weight is 209 g/mol. The van der Waals surface area contributed by atoms with Crippen LogP contribution < -0.4 is 5.73 Å². The maximum Gasteiger partial charge on any atom is 0.320 e. The van der Waals surface area contributed by atoms with E-state index >= 15 is 0 Å². The number of aromatic hydroxyl groups is 1. The van der Waals surface area contributed by atoms with Gasteiger partial charge in [-0.05, 0) is 37.0 Å². The summed E-state index contributed by atoms with van der Waals surface area (Å²) in [6.45, 7) is 0. The summed E-state index contributed by atoms with van der Waals surface area (Å²) in [6.07, 6.45) is 1.98. The predicted molar refractivity (Wildman–Crippen MR) is 56.7 cm³/mol. The first-order valence-electron chi connectivity index (χ1n) is 4.86. The van der Waals surface area contributed by atoms with Gasteiger partial charge in [0, 0.05) is 0 Å². The van der Waals surface area contributed by atoms with Crippen LogP contribution in [0.5, 0.6) is 5.75 Å². The molecule has 1 rings (SSSR count). The molecule has 0 saturated heterocycles. The normalized spacial score (nSPS) is 12.3. The number of hydrogen-bond acceptors (Lipinski definition) is 3. The minimum Gasteiger partial charge on any atom is -0.508 e. The Balaban J connectivity index is 2.32. The van der Waals surface area contributed by atoms with Gasteiger partial charge in [-0.2, -0.15) is 0 Å². The third-order valence-corrected chi connectivity index (χ3v) is 2.23. The van der Waals surface area contributed by atoms with Gasteiger partial charge < -0.3 is 15.9 Å². The van der Waals surface area contributed by atoms with Gasteiger partial charge in [0.1, 0.15) is 11.8 Å². The molecule has 0 saturated carbocycles. The summed E-state index contributed by atoms with van der Waals surface area (Å²) >= 11 is 0. The molecule has 1 unspecified atom stereocenters. The van der Waals surface area contributed by atoms with Crippen LogP contribution in [0.15, 0.2) is 24.3 Å². The van der Waals surface area contributed by atoms with Crippen LogP contribution in [-0.4, -0.2) is 22.2 Å². The van der Waals surface area contributed by atoms with Crippen molar-refractivity contribution < 1.29 is 15.0 Å². The fourth-order valence-corrected chi connectivity index (χ4v) is 1.31. The molecule has 1 atom stereocenters. The molecule has 4 N–H and O–H groups in total. The smallest absolute Gasteiger partial charge is 0.320 e. The van der Waals surface area contributed by atoms with E-state index in [-0.39, 0.29) is 5.75 Å². The molecule has 0 radical (unpaired) electrons. The van der Waals surface area contributed by atoms with Gasteiger partial charge in [-0.15, -0.1) is 0 Å². The average Bonchev–Trinajstić information content (AvgIpc) is 2.20. The Morgan fingerprint density at radius 2 is 1.93 bits per heavy atom. The Morgan fingerprint density at radius 3 is 2.47 bits per heavy atom. The van der Waals surface area contributed by atoms with E-state index in [2.05, 4.69) is 0 Å². The molecule has 0 aliphatic carbocycles. The molecule has 0 aromatic heterocycles. The number of rotatable bonds is 5. The molecule has 82 valence electrons. The Labute approximate surface area is 88.3 Å². The highest BCUT2D eigenvalue weighted by atomic mass is 16.4. The van der Waals surface area contributed by atoms with Crippen molar-refractivity contribution in [2.45, 2.75) is 25.3 Å². The lowest BCUT2D eigenvalue weighted by Crippen LogP contribution is -2.29. The van der Waals surface area contributed by atoms with Crippen LogP contribution in [0.1, 0.15) is 18.4 Å². The number of carboxylic acid groups (broad SMARTS) is 1. The molecule has 0 heterocycles. The first-order valence-corrected chi connectivity index (χ1v) is 4.86. The van der Waals surface area contributed by atoms with Gasteiger partial charge in [-0.25, -0.2) is 0 Å². The molecule has 1 aromatic rings. The molecule has 0 aliphatic rings. The van der Waals surface area contributed by atoms with Gasteiger partial charge in [-0.3, -0.25) is 4.79 Å². The Morgan fingerprint density at radius 1 is 1.33 bits per heavy atom. The van der Waals surface area contributed by atoms with Gasteiger partial charge in [-0.1, -0.05) is 12.1 Å². The molecule has 0 aliphatic heterocycles. The number of phenols is 1. The van der Waals surface area contributed by atoms with Crippen molar-refractivity contribution in [3.63, 3.8) is 0 Å². The molecule has 0 spiro atoms. The summed E-state index contributed by atoms with van der Waals surface area (Å²) in [5.41, 5.74) is 6.44. The minimum absolute atomic E-state index is 0.237. The van der Waals surface area contributed by atoms with Gasteiger partial charge >= 0.3 is 5.97 Å². The van der Waals surface area contributed by atoms with E-state index in [1.807, 2.05) is 12.1 Å². The van der Waals surface area contributed by atoms with Crippen molar-refractivity contribution in [3.8, 4) is 5.75 Å². The van der Waals surface area contributed by atoms with Gasteiger partial charge in [0.2, 0.25) is 0 Å². The molecular formula is C11H15NO3. The first-order chi connectivity index (χ1) is 7.09. The molecule has 0 amide bonds. The van der Waals surface area contributed by atoms with Crippen molar-refractivity contribution in [1.82, 2.24) is 0 Å². The quantitative estimate of drug-likeness (QED) is 0.678. The van der Waals surface area contributed by atoms with Crippen LogP contribution >= 0.6 is 0 Å². The topological polar surface area (TPSA) is 83.5 Å². The van der Waals surface area contributed by atoms with Crippen LogP contribution in [-0.2, 0) is 11.2 Å². The lowest BCUT2D eigenvalue weighted by molar-refractivity contribution is -0.138. The fourth-order valence-electron chi connectivity index (χ4n) is 1.31. The van der Waals surface area contributed by atoms with Crippen molar-refractivity contribution in [2.24, 2.45) is 5.73 Å². The lowest BCUT2D eigenvalue weighted by atomic mass is 10.1. The van der Waals surface area contributed by atoms with Crippen LogP contribution in [0.4, 0.5) is 0 Å². The van der Waals surface area contributed by atoms with E-state index in [1.54, 1.807) is 12.1 Å². The van der Waals surface area contributed by atoms with Crippen LogP contribution in [0.3, 0.4) is 0 Å². The summed E-state index contributed by atoms with van der Waals surface area (Å²) < 4.78 is 0. The second kappa shape index (κ2) is 5.36. The van der Waals surface area contributed by atoms with Gasteiger partial charge in [0.05, 0.1) is 0 Å². The number of aliphatic carboxylic acids is 1. The molecule has 1 aromatic carbocycles. The summed E-state index contributed by atoms with van der Waals surface area (Å²) in [5.74, 6) is -0.721. The third kappa shape index (κ3) is 3.99. The molecule has 15 heavy (non-hydrogen) atoms. The third-order valence-electron chi connectivity index (χ3n) is 2.23. The number of phenolic OH excluding ortho intramolecular Hbond substituents is 1. The minimum atomic E-state index is -0.958. The monoisotopic (exact) mass is 209 g/mol. The van der Waals surface area contributed by atoms with E-state index in [1.165, 1.54) is 0 Å². The second-order valence-corrected chi connectivity index (χ2v) is 3.50. The van der Waals surface area contributed by atoms with Crippen LogP contribution in [0, 0.1) is 0 Å². The highest BCUT2D eigenvalue weighted by Gasteiger charge is 2.10. The summed E-state index contributed by atoms with van der Waals surface area (Å²) in [6, 6.07) is 6.10. The zero-order valence-corrected chi connectivity index (χ0v) is 8.39. The maximum atomic E-state index is 10.4. The SMILES string of the molecule is NC(CCCc1ccc(O)cc1)C(=O)O. The van der Waals surface area contributed by atoms with Crippen molar-refractivity contribution in [2.75, 3.05) is 0 Å². The van der Waals surface area contributed by atoms with Gasteiger partial charge in [0.25, 0.3) is 0 Å². The first kappa shape index (κ1) is 11.5. The molecule has 0 fully saturated rings. The highest BCUT2D eigenvalue weighted by molar-refractivity contribution is 5.72. The summed E-state index contributed by atoms with van der Waals surface area (Å²) in [4.78, 5) is 10.4. The van der Waals surface area contributed by atoms with E-state index in [9.17, 15) is 4.79 Å². The van der Waals surface area contributed by atoms with E-state index < -0.39 is 12.0 Å². The molecule has 0 bridgehead atoms. The Hall–Kier alpha value is -1.55. The fraction of sp³-hybridized carbons (Fsp3) is 0.364. The van der Waals surface area contributed by atoms with Gasteiger partial charge in [0.15, 0.2) is 0 Å². The molecule has 4 heteroatoms. The van der Waals surface area contributed by atoms with E-state index in [0.717, 1.165) is 18.4 Å². The number of nitrogens with two attached hydrogens (primary N) is 1. The van der Waals surface area contributed by atoms with Crippen molar-refractivity contribution in [3.05, 3.63) is 29.8 Å². The summed E-state index contributed by atoms with van der Waals surface area (Å²) in [7, 11) is 0. The number of hydrogen-bond donors (Lipinski definition) is 3. The standard InChI is InChI=1S/C11H15NO3/c12-10(11(14)15)3-1-2-8-4-6-9(13)7-5-8/h4-7,10,13H,1-3,12H2,(H,14,15). The largest absolute Gasteiger partial charge is 0.508 e. The molecule has 4 nitrogen and oxygen atoms in total. The van der Waals surface area contributed by atoms with E-state index in [4.69, 9.17) is 15.9 Å². The maximum absolute atomic E-state index is 10.4.